The van der Waals surface area contributed by atoms with Crippen LogP contribution >= 0.6 is 11.8 Å². The summed E-state index contributed by atoms with van der Waals surface area (Å²) in [5, 5.41) is 11.1. The van der Waals surface area contributed by atoms with Gasteiger partial charge in [-0.25, -0.2) is 9.89 Å². The van der Waals surface area contributed by atoms with Crippen LogP contribution in [-0.4, -0.2) is 53.1 Å². The smallest absolute Gasteiger partial charge is 0.321 e. The highest BCUT2D eigenvalue weighted by Crippen LogP contribution is 2.11. The maximum absolute atomic E-state index is 11.3. The molecule has 0 radical (unpaired) electrons. The molecule has 0 aliphatic carbocycles. The molecule has 1 rings (SSSR count). The van der Waals surface area contributed by atoms with E-state index in [4.69, 9.17) is 10.5 Å². The molecule has 0 fully saturated rings. The number of carbonyl (C=O) groups is 2. The molecule has 0 aromatic carbocycles. The molecule has 0 unspecified atom stereocenters. The van der Waals surface area contributed by atoms with Crippen molar-refractivity contribution in [1.82, 2.24) is 25.8 Å². The third-order valence-corrected chi connectivity index (χ3v) is 2.51. The van der Waals surface area contributed by atoms with Gasteiger partial charge in [-0.3, -0.25) is 10.1 Å². The molecule has 3 amide bonds. The van der Waals surface area contributed by atoms with Gasteiger partial charge in [0.05, 0.1) is 12.4 Å². The minimum absolute atomic E-state index is 0.0228. The van der Waals surface area contributed by atoms with Crippen molar-refractivity contribution in [3.05, 3.63) is 0 Å². The minimum Gasteiger partial charge on any atom is -0.383 e. The Balaban J connectivity index is 2.19. The zero-order valence-electron chi connectivity index (χ0n) is 9.73. The van der Waals surface area contributed by atoms with Crippen LogP contribution in [0.4, 0.5) is 10.7 Å². The quantitative estimate of drug-likeness (QED) is 0.384. The highest BCUT2D eigenvalue weighted by atomic mass is 32.2. The summed E-state index contributed by atoms with van der Waals surface area (Å²) in [6, 6.07) is -0.563. The van der Waals surface area contributed by atoms with Crippen molar-refractivity contribution in [2.75, 3.05) is 31.7 Å². The van der Waals surface area contributed by atoms with E-state index < -0.39 is 11.9 Å². The molecule has 0 bridgehead atoms. The lowest BCUT2D eigenvalue weighted by molar-refractivity contribution is -0.117. The predicted octanol–water partition coefficient (Wildman–Crippen LogP) is -1.05. The van der Waals surface area contributed by atoms with Crippen molar-refractivity contribution in [3.8, 4) is 0 Å². The molecule has 0 aliphatic rings. The number of nitrogens with one attached hydrogen (secondary N) is 3. The Labute approximate surface area is 107 Å². The Bertz CT molecular complexity index is 409. The molecule has 0 saturated heterocycles. The number of ether oxygens (including phenoxy) is 1. The Hall–Kier alpha value is -1.81. The summed E-state index contributed by atoms with van der Waals surface area (Å²) in [5.74, 6) is -0.247. The van der Waals surface area contributed by atoms with E-state index in [-0.39, 0.29) is 11.7 Å². The number of urea groups is 1. The van der Waals surface area contributed by atoms with Crippen molar-refractivity contribution in [3.63, 3.8) is 0 Å². The molecule has 18 heavy (non-hydrogen) atoms. The van der Waals surface area contributed by atoms with Crippen molar-refractivity contribution in [2.24, 2.45) is 0 Å². The first kappa shape index (κ1) is 14.3. The molecule has 10 heteroatoms. The van der Waals surface area contributed by atoms with Crippen LogP contribution in [0.2, 0.25) is 0 Å². The second-order valence-electron chi connectivity index (χ2n) is 3.09. The molecule has 1 aromatic heterocycles. The summed E-state index contributed by atoms with van der Waals surface area (Å²) in [6.45, 7) is 0.715. The Morgan fingerprint density at radius 1 is 1.56 bits per heavy atom. The first-order valence-electron chi connectivity index (χ1n) is 4.99. The van der Waals surface area contributed by atoms with Crippen molar-refractivity contribution < 1.29 is 14.3 Å². The largest absolute Gasteiger partial charge is 0.383 e. The molecule has 100 valence electrons. The maximum atomic E-state index is 11.3. The van der Waals surface area contributed by atoms with Gasteiger partial charge in [0.25, 0.3) is 0 Å². The van der Waals surface area contributed by atoms with Gasteiger partial charge in [0.1, 0.15) is 0 Å². The number of rotatable bonds is 6. The third kappa shape index (κ3) is 5.50. The van der Waals surface area contributed by atoms with Gasteiger partial charge in [0.2, 0.25) is 17.0 Å². The maximum Gasteiger partial charge on any atom is 0.321 e. The van der Waals surface area contributed by atoms with Crippen LogP contribution in [0, 0.1) is 0 Å². The van der Waals surface area contributed by atoms with Gasteiger partial charge in [-0.05, 0) is 0 Å². The molecule has 0 aliphatic heterocycles. The van der Waals surface area contributed by atoms with E-state index in [1.54, 1.807) is 0 Å². The second kappa shape index (κ2) is 7.50. The number of imide groups is 1. The van der Waals surface area contributed by atoms with Gasteiger partial charge in [-0.2, -0.15) is 4.98 Å². The zero-order valence-corrected chi connectivity index (χ0v) is 10.5. The molecule has 0 atom stereocenters. The van der Waals surface area contributed by atoms with Gasteiger partial charge in [0, 0.05) is 13.7 Å². The van der Waals surface area contributed by atoms with E-state index in [9.17, 15) is 9.59 Å². The summed E-state index contributed by atoms with van der Waals surface area (Å²) in [5.41, 5.74) is 5.31. The average Bonchev–Trinajstić information content (AvgIpc) is 2.73. The fourth-order valence-electron chi connectivity index (χ4n) is 0.926. The van der Waals surface area contributed by atoms with Gasteiger partial charge in [-0.15, -0.1) is 5.10 Å². The highest BCUT2D eigenvalue weighted by Gasteiger charge is 2.09. The van der Waals surface area contributed by atoms with E-state index in [1.165, 1.54) is 7.11 Å². The number of anilines is 1. The van der Waals surface area contributed by atoms with Crippen LogP contribution in [0.5, 0.6) is 0 Å². The lowest BCUT2D eigenvalue weighted by atomic mass is 10.6. The number of methoxy groups -OCH3 is 1. The number of thioether (sulfide) groups is 1. The summed E-state index contributed by atoms with van der Waals surface area (Å²) in [7, 11) is 1.52. The molecule has 1 heterocycles. The van der Waals surface area contributed by atoms with E-state index >= 15 is 0 Å². The molecule has 0 spiro atoms. The van der Waals surface area contributed by atoms with Crippen LogP contribution in [0.3, 0.4) is 0 Å². The highest BCUT2D eigenvalue weighted by molar-refractivity contribution is 7.99. The monoisotopic (exact) mass is 274 g/mol. The fraction of sp³-hybridized carbons (Fsp3) is 0.500. The van der Waals surface area contributed by atoms with Gasteiger partial charge in [-0.1, -0.05) is 11.8 Å². The lowest BCUT2D eigenvalue weighted by Gasteiger charge is -2.05. The number of aromatic amines is 1. The first-order valence-corrected chi connectivity index (χ1v) is 5.97. The van der Waals surface area contributed by atoms with Crippen LogP contribution in [-0.2, 0) is 9.53 Å². The number of hydrogen-bond donors (Lipinski definition) is 4. The van der Waals surface area contributed by atoms with E-state index in [0.29, 0.717) is 18.3 Å². The van der Waals surface area contributed by atoms with Crippen molar-refractivity contribution >= 4 is 29.6 Å². The van der Waals surface area contributed by atoms with Crippen LogP contribution in [0.25, 0.3) is 0 Å². The molecule has 5 N–H and O–H groups in total. The summed E-state index contributed by atoms with van der Waals surface area (Å²) >= 11 is 1.07. The van der Waals surface area contributed by atoms with E-state index in [1.807, 2.05) is 0 Å². The Morgan fingerprint density at radius 2 is 2.33 bits per heavy atom. The van der Waals surface area contributed by atoms with Gasteiger partial charge >= 0.3 is 6.03 Å². The molecule has 1 aromatic rings. The third-order valence-electron chi connectivity index (χ3n) is 1.66. The number of nitrogens with two attached hydrogens (primary N) is 1. The molecular formula is C8H14N6O3S. The van der Waals surface area contributed by atoms with Crippen LogP contribution in [0.1, 0.15) is 0 Å². The van der Waals surface area contributed by atoms with Gasteiger partial charge in [0.15, 0.2) is 0 Å². The minimum atomic E-state index is -0.563. The second-order valence-corrected chi connectivity index (χ2v) is 4.03. The number of carbonyl (C=O) groups excluding carboxylic acids is 2. The standard InChI is InChI=1S/C8H14N6O3S/c1-17-3-2-10-7(16)11-5(15)4-18-8-12-6(9)13-14-8/h2-4H2,1H3,(H3,9,12,13,14)(H2,10,11,15,16). The number of aromatic nitrogens is 3. The fourth-order valence-corrected chi connectivity index (χ4v) is 1.53. The summed E-state index contributed by atoms with van der Waals surface area (Å²) < 4.78 is 4.74. The number of hydrogen-bond acceptors (Lipinski definition) is 7. The van der Waals surface area contributed by atoms with E-state index in [2.05, 4.69) is 25.8 Å². The Kier molecular flexibility index (Phi) is 5.94. The Morgan fingerprint density at radius 3 is 2.94 bits per heavy atom. The SMILES string of the molecule is COCCNC(=O)NC(=O)CSc1n[nH]c(N)n1. The van der Waals surface area contributed by atoms with E-state index in [0.717, 1.165) is 11.8 Å². The number of H-pyrrole nitrogens is 1. The average molecular weight is 274 g/mol. The zero-order chi connectivity index (χ0) is 13.4. The normalized spacial score (nSPS) is 10.1. The van der Waals surface area contributed by atoms with Crippen LogP contribution < -0.4 is 16.4 Å². The molecular weight excluding hydrogens is 260 g/mol. The van der Waals surface area contributed by atoms with Gasteiger partial charge < -0.3 is 15.8 Å². The topological polar surface area (TPSA) is 135 Å². The number of nitrogen functional groups attached to an aromatic ring is 1. The molecule has 9 nitrogen and oxygen atoms in total. The summed E-state index contributed by atoms with van der Waals surface area (Å²) in [6.07, 6.45) is 0. The molecule has 0 saturated carbocycles. The lowest BCUT2D eigenvalue weighted by Crippen LogP contribution is -2.41. The number of amides is 3. The number of nitrogens with zero attached hydrogens (tertiary/aromatic N) is 2. The van der Waals surface area contributed by atoms with Crippen molar-refractivity contribution in [1.29, 1.82) is 0 Å². The first-order chi connectivity index (χ1) is 8.61. The van der Waals surface area contributed by atoms with Crippen molar-refractivity contribution in [2.45, 2.75) is 5.16 Å². The van der Waals surface area contributed by atoms with Crippen LogP contribution in [0.15, 0.2) is 5.16 Å². The summed E-state index contributed by atoms with van der Waals surface area (Å²) in [4.78, 5) is 26.3. The predicted molar refractivity (Wildman–Crippen MR) is 64.9 cm³/mol.